The van der Waals surface area contributed by atoms with Crippen molar-refractivity contribution >= 4 is 28.1 Å². The molecule has 0 fully saturated rings. The van der Waals surface area contributed by atoms with Crippen molar-refractivity contribution in [3.63, 3.8) is 0 Å². The van der Waals surface area contributed by atoms with Crippen LogP contribution in [0.25, 0.3) is 10.9 Å². The Morgan fingerprint density at radius 1 is 1.25 bits per heavy atom. The fourth-order valence-electron chi connectivity index (χ4n) is 2.91. The quantitative estimate of drug-likeness (QED) is 0.729. The first-order chi connectivity index (χ1) is 9.83. The van der Waals surface area contributed by atoms with Crippen molar-refractivity contribution in [3.05, 3.63) is 57.9 Å². The Morgan fingerprint density at radius 3 is 3.00 bits per heavy atom. The Balaban J connectivity index is 1.71. The number of nitrogens with one attached hydrogen (secondary N) is 1. The average Bonchev–Trinajstić information content (AvgIpc) is 3.13. The van der Waals surface area contributed by atoms with Gasteiger partial charge in [-0.15, -0.1) is 0 Å². The van der Waals surface area contributed by atoms with Crippen LogP contribution in [0.2, 0.25) is 0 Å². The average molecular weight is 282 g/mol. The van der Waals surface area contributed by atoms with E-state index in [0.717, 1.165) is 18.5 Å². The summed E-state index contributed by atoms with van der Waals surface area (Å²) in [5.74, 6) is 0.141. The first kappa shape index (κ1) is 11.7. The van der Waals surface area contributed by atoms with Crippen LogP contribution < -0.4 is 0 Å². The highest BCUT2D eigenvalue weighted by atomic mass is 32.1. The minimum atomic E-state index is 0.141. The standard InChI is InChI=1S/C16H14N2OS/c19-16(11-6-8-20-10-11)18-7-5-15-13(9-18)12-3-1-2-4-14(12)17-15/h1-4,6,8,10,17H,5,7,9H2. The molecule has 1 aliphatic heterocycles. The van der Waals surface area contributed by atoms with Crippen LogP contribution in [0.3, 0.4) is 0 Å². The van der Waals surface area contributed by atoms with Gasteiger partial charge in [0.25, 0.3) is 5.91 Å². The summed E-state index contributed by atoms with van der Waals surface area (Å²) in [4.78, 5) is 17.9. The molecule has 0 aliphatic carbocycles. The number of carbonyl (C=O) groups excluding carboxylic acids is 1. The second kappa shape index (κ2) is 4.49. The molecule has 0 saturated heterocycles. The van der Waals surface area contributed by atoms with E-state index in [9.17, 15) is 4.79 Å². The fraction of sp³-hybridized carbons (Fsp3) is 0.188. The SMILES string of the molecule is O=C(c1ccsc1)N1CCc2[nH]c3ccccc3c2C1. The molecule has 3 aromatic rings. The lowest BCUT2D eigenvalue weighted by Crippen LogP contribution is -2.35. The highest BCUT2D eigenvalue weighted by Gasteiger charge is 2.24. The molecule has 0 bridgehead atoms. The molecule has 0 unspecified atom stereocenters. The minimum absolute atomic E-state index is 0.141. The lowest BCUT2D eigenvalue weighted by molar-refractivity contribution is 0.0735. The predicted molar refractivity (Wildman–Crippen MR) is 81.1 cm³/mol. The van der Waals surface area contributed by atoms with E-state index in [2.05, 4.69) is 23.2 Å². The zero-order valence-corrected chi connectivity index (χ0v) is 11.7. The van der Waals surface area contributed by atoms with E-state index in [1.165, 1.54) is 22.2 Å². The van der Waals surface area contributed by atoms with Gasteiger partial charge in [-0.3, -0.25) is 4.79 Å². The third-order valence-electron chi connectivity index (χ3n) is 3.94. The number of benzene rings is 1. The number of hydrogen-bond donors (Lipinski definition) is 1. The Kier molecular flexibility index (Phi) is 2.63. The van der Waals surface area contributed by atoms with Crippen molar-refractivity contribution in [1.29, 1.82) is 0 Å². The van der Waals surface area contributed by atoms with Gasteiger partial charge in [-0.2, -0.15) is 11.3 Å². The molecule has 2 aromatic heterocycles. The number of rotatable bonds is 1. The zero-order valence-electron chi connectivity index (χ0n) is 10.9. The normalized spacial score (nSPS) is 14.5. The van der Waals surface area contributed by atoms with E-state index >= 15 is 0 Å². The van der Waals surface area contributed by atoms with Crippen molar-refractivity contribution in [3.8, 4) is 0 Å². The molecule has 4 rings (SSSR count). The Bertz CT molecular complexity index is 773. The Morgan fingerprint density at radius 2 is 2.15 bits per heavy atom. The predicted octanol–water partition coefficient (Wildman–Crippen LogP) is 3.43. The molecule has 0 saturated carbocycles. The van der Waals surface area contributed by atoms with Crippen molar-refractivity contribution in [2.45, 2.75) is 13.0 Å². The summed E-state index contributed by atoms with van der Waals surface area (Å²) in [5.41, 5.74) is 4.52. The van der Waals surface area contributed by atoms with E-state index in [0.29, 0.717) is 6.54 Å². The van der Waals surface area contributed by atoms with Gasteiger partial charge in [0.05, 0.1) is 5.56 Å². The maximum absolute atomic E-state index is 12.5. The van der Waals surface area contributed by atoms with Crippen LogP contribution in [0.4, 0.5) is 0 Å². The fourth-order valence-corrected chi connectivity index (χ4v) is 3.54. The molecule has 1 aromatic carbocycles. The van der Waals surface area contributed by atoms with Crippen LogP contribution in [0.1, 0.15) is 21.6 Å². The van der Waals surface area contributed by atoms with Gasteiger partial charge in [0, 0.05) is 47.1 Å². The number of amides is 1. The molecule has 1 amide bonds. The van der Waals surface area contributed by atoms with Crippen LogP contribution in [-0.2, 0) is 13.0 Å². The zero-order chi connectivity index (χ0) is 13.5. The molecule has 1 aliphatic rings. The monoisotopic (exact) mass is 282 g/mol. The summed E-state index contributed by atoms with van der Waals surface area (Å²) >= 11 is 1.57. The number of carbonyl (C=O) groups is 1. The summed E-state index contributed by atoms with van der Waals surface area (Å²) in [6.07, 6.45) is 0.903. The summed E-state index contributed by atoms with van der Waals surface area (Å²) < 4.78 is 0. The molecule has 0 radical (unpaired) electrons. The number of hydrogen-bond acceptors (Lipinski definition) is 2. The third-order valence-corrected chi connectivity index (χ3v) is 4.62. The van der Waals surface area contributed by atoms with Crippen molar-refractivity contribution < 1.29 is 4.79 Å². The maximum atomic E-state index is 12.5. The second-order valence-electron chi connectivity index (χ2n) is 5.12. The van der Waals surface area contributed by atoms with Crippen LogP contribution in [0.5, 0.6) is 0 Å². The van der Waals surface area contributed by atoms with Gasteiger partial charge in [0.15, 0.2) is 0 Å². The molecular formula is C16H14N2OS. The highest BCUT2D eigenvalue weighted by Crippen LogP contribution is 2.28. The molecule has 100 valence electrons. The largest absolute Gasteiger partial charge is 0.358 e. The van der Waals surface area contributed by atoms with Gasteiger partial charge in [-0.25, -0.2) is 0 Å². The summed E-state index contributed by atoms with van der Waals surface area (Å²) in [6.45, 7) is 1.49. The summed E-state index contributed by atoms with van der Waals surface area (Å²) in [6, 6.07) is 10.2. The van der Waals surface area contributed by atoms with Crippen molar-refractivity contribution in [2.75, 3.05) is 6.54 Å². The van der Waals surface area contributed by atoms with Gasteiger partial charge in [0.2, 0.25) is 0 Å². The van der Waals surface area contributed by atoms with E-state index < -0.39 is 0 Å². The molecular weight excluding hydrogens is 268 g/mol. The number of aromatic nitrogens is 1. The van der Waals surface area contributed by atoms with Crippen LogP contribution in [0.15, 0.2) is 41.1 Å². The van der Waals surface area contributed by atoms with Gasteiger partial charge in [-0.1, -0.05) is 18.2 Å². The summed E-state index contributed by atoms with van der Waals surface area (Å²) in [5, 5.41) is 5.12. The molecule has 0 atom stereocenters. The smallest absolute Gasteiger partial charge is 0.255 e. The lowest BCUT2D eigenvalue weighted by Gasteiger charge is -2.27. The van der Waals surface area contributed by atoms with Gasteiger partial charge in [-0.05, 0) is 17.5 Å². The first-order valence-corrected chi connectivity index (χ1v) is 7.67. The maximum Gasteiger partial charge on any atom is 0.255 e. The topological polar surface area (TPSA) is 36.1 Å². The molecule has 0 spiro atoms. The first-order valence-electron chi connectivity index (χ1n) is 6.73. The van der Waals surface area contributed by atoms with Crippen molar-refractivity contribution in [2.24, 2.45) is 0 Å². The van der Waals surface area contributed by atoms with Gasteiger partial charge in [0.1, 0.15) is 0 Å². The van der Waals surface area contributed by atoms with Crippen molar-refractivity contribution in [1.82, 2.24) is 9.88 Å². The number of thiophene rings is 1. The van der Waals surface area contributed by atoms with Crippen LogP contribution in [0, 0.1) is 0 Å². The number of aromatic amines is 1. The minimum Gasteiger partial charge on any atom is -0.358 e. The highest BCUT2D eigenvalue weighted by molar-refractivity contribution is 7.08. The molecule has 3 nitrogen and oxygen atoms in total. The Hall–Kier alpha value is -2.07. The van der Waals surface area contributed by atoms with Gasteiger partial charge >= 0.3 is 0 Å². The third kappa shape index (κ3) is 1.76. The molecule has 4 heteroatoms. The van der Waals surface area contributed by atoms with Gasteiger partial charge < -0.3 is 9.88 Å². The second-order valence-corrected chi connectivity index (χ2v) is 5.90. The number of H-pyrrole nitrogens is 1. The van der Waals surface area contributed by atoms with E-state index in [-0.39, 0.29) is 5.91 Å². The van der Waals surface area contributed by atoms with Crippen LogP contribution in [-0.4, -0.2) is 22.3 Å². The lowest BCUT2D eigenvalue weighted by atomic mass is 10.0. The number of para-hydroxylation sites is 1. The molecule has 1 N–H and O–H groups in total. The number of nitrogens with zero attached hydrogens (tertiary/aromatic N) is 1. The van der Waals surface area contributed by atoms with E-state index in [4.69, 9.17) is 0 Å². The van der Waals surface area contributed by atoms with Crippen LogP contribution >= 0.6 is 11.3 Å². The molecule has 20 heavy (non-hydrogen) atoms. The Labute approximate surface area is 120 Å². The number of fused-ring (bicyclic) bond motifs is 3. The van der Waals surface area contributed by atoms with E-state index in [1.807, 2.05) is 27.8 Å². The van der Waals surface area contributed by atoms with E-state index in [1.54, 1.807) is 11.3 Å². The molecule has 3 heterocycles. The summed E-state index contributed by atoms with van der Waals surface area (Å²) in [7, 11) is 0.